The number of aryl methyl sites for hydroxylation is 2. The number of benzene rings is 1. The molecule has 0 bridgehead atoms. The van der Waals surface area contributed by atoms with Gasteiger partial charge in [-0.25, -0.2) is 9.50 Å². The van der Waals surface area contributed by atoms with E-state index < -0.39 is 0 Å². The first-order valence-corrected chi connectivity index (χ1v) is 9.53. The van der Waals surface area contributed by atoms with Crippen LogP contribution >= 0.6 is 0 Å². The molecule has 1 aliphatic heterocycles. The van der Waals surface area contributed by atoms with Crippen molar-refractivity contribution < 1.29 is 9.53 Å². The second kappa shape index (κ2) is 7.50. The van der Waals surface area contributed by atoms with Crippen LogP contribution < -0.4 is 9.64 Å². The number of methoxy groups -OCH3 is 1. The minimum atomic E-state index is 0.130. The molecule has 0 aliphatic carbocycles. The van der Waals surface area contributed by atoms with Gasteiger partial charge >= 0.3 is 0 Å². The predicted octanol–water partition coefficient (Wildman–Crippen LogP) is 2.25. The molecule has 28 heavy (non-hydrogen) atoms. The van der Waals surface area contributed by atoms with Gasteiger partial charge in [-0.05, 0) is 44.2 Å². The Hall–Kier alpha value is -3.09. The van der Waals surface area contributed by atoms with Gasteiger partial charge < -0.3 is 14.5 Å². The maximum atomic E-state index is 12.8. The Balaban J connectivity index is 1.40. The molecule has 7 heteroatoms. The van der Waals surface area contributed by atoms with Crippen molar-refractivity contribution in [3.8, 4) is 5.75 Å². The molecule has 1 aromatic carbocycles. The van der Waals surface area contributed by atoms with Crippen molar-refractivity contribution in [1.82, 2.24) is 19.5 Å². The number of carbonyl (C=O) groups excluding carboxylic acids is 1. The second-order valence-corrected chi connectivity index (χ2v) is 7.19. The van der Waals surface area contributed by atoms with Crippen molar-refractivity contribution in [3.05, 3.63) is 53.5 Å². The monoisotopic (exact) mass is 379 g/mol. The van der Waals surface area contributed by atoms with Crippen LogP contribution in [0.4, 0.5) is 5.69 Å². The highest BCUT2D eigenvalue weighted by Crippen LogP contribution is 2.21. The van der Waals surface area contributed by atoms with Gasteiger partial charge in [0.15, 0.2) is 5.65 Å². The van der Waals surface area contributed by atoms with E-state index in [1.54, 1.807) is 17.8 Å². The van der Waals surface area contributed by atoms with E-state index in [-0.39, 0.29) is 5.91 Å². The largest absolute Gasteiger partial charge is 0.497 e. The lowest BCUT2D eigenvalue weighted by Crippen LogP contribution is -2.49. The van der Waals surface area contributed by atoms with Crippen LogP contribution in [0.1, 0.15) is 17.0 Å². The molecule has 1 amide bonds. The van der Waals surface area contributed by atoms with Crippen molar-refractivity contribution in [2.45, 2.75) is 20.3 Å². The molecule has 1 fully saturated rings. The Morgan fingerprint density at radius 1 is 1.11 bits per heavy atom. The molecule has 0 saturated carbocycles. The van der Waals surface area contributed by atoms with Gasteiger partial charge in [0.25, 0.3) is 0 Å². The third kappa shape index (κ3) is 3.52. The van der Waals surface area contributed by atoms with Crippen LogP contribution in [0, 0.1) is 13.8 Å². The Morgan fingerprint density at radius 2 is 1.82 bits per heavy atom. The highest BCUT2D eigenvalue weighted by molar-refractivity contribution is 5.81. The fraction of sp³-hybridized carbons (Fsp3) is 0.381. The molecule has 0 unspecified atom stereocenters. The van der Waals surface area contributed by atoms with Crippen LogP contribution in [0.25, 0.3) is 5.65 Å². The molecule has 3 aromatic rings. The van der Waals surface area contributed by atoms with Gasteiger partial charge in [0.1, 0.15) is 5.75 Å². The minimum absolute atomic E-state index is 0.130. The fourth-order valence-corrected chi connectivity index (χ4v) is 3.72. The minimum Gasteiger partial charge on any atom is -0.497 e. The Kier molecular flexibility index (Phi) is 4.90. The second-order valence-electron chi connectivity index (χ2n) is 7.19. The smallest absolute Gasteiger partial charge is 0.227 e. The summed E-state index contributed by atoms with van der Waals surface area (Å²) >= 11 is 0. The average molecular weight is 379 g/mol. The maximum absolute atomic E-state index is 12.8. The van der Waals surface area contributed by atoms with E-state index in [9.17, 15) is 4.79 Å². The molecule has 146 valence electrons. The van der Waals surface area contributed by atoms with Crippen LogP contribution in [0.5, 0.6) is 5.75 Å². The third-order valence-corrected chi connectivity index (χ3v) is 5.26. The number of nitrogens with zero attached hydrogens (tertiary/aromatic N) is 5. The van der Waals surface area contributed by atoms with Crippen molar-refractivity contribution >= 4 is 17.2 Å². The van der Waals surface area contributed by atoms with Gasteiger partial charge in [-0.15, -0.1) is 0 Å². The predicted molar refractivity (Wildman–Crippen MR) is 108 cm³/mol. The first-order chi connectivity index (χ1) is 13.5. The maximum Gasteiger partial charge on any atom is 0.227 e. The summed E-state index contributed by atoms with van der Waals surface area (Å²) in [6.45, 7) is 7.04. The van der Waals surface area contributed by atoms with Crippen molar-refractivity contribution in [3.63, 3.8) is 0 Å². The number of fused-ring (bicyclic) bond motifs is 1. The van der Waals surface area contributed by atoms with Gasteiger partial charge in [0.2, 0.25) is 5.91 Å². The van der Waals surface area contributed by atoms with Crippen LogP contribution in [-0.2, 0) is 11.2 Å². The van der Waals surface area contributed by atoms with Crippen LogP contribution in [0.15, 0.2) is 36.5 Å². The number of rotatable bonds is 4. The summed E-state index contributed by atoms with van der Waals surface area (Å²) in [6.07, 6.45) is 2.10. The lowest BCUT2D eigenvalue weighted by atomic mass is 10.2. The van der Waals surface area contributed by atoms with Crippen LogP contribution in [0.2, 0.25) is 0 Å². The van der Waals surface area contributed by atoms with E-state index in [4.69, 9.17) is 4.74 Å². The molecule has 0 N–H and O–H groups in total. The fourth-order valence-electron chi connectivity index (χ4n) is 3.72. The zero-order valence-corrected chi connectivity index (χ0v) is 16.6. The number of piperazine rings is 1. The summed E-state index contributed by atoms with van der Waals surface area (Å²) in [7, 11) is 1.67. The molecule has 7 nitrogen and oxygen atoms in total. The van der Waals surface area contributed by atoms with E-state index in [1.165, 1.54) is 0 Å². The quantitative estimate of drug-likeness (QED) is 0.696. The first-order valence-electron chi connectivity index (χ1n) is 9.53. The first kappa shape index (κ1) is 18.3. The molecule has 0 spiro atoms. The topological polar surface area (TPSA) is 63.0 Å². The van der Waals surface area contributed by atoms with Crippen molar-refractivity contribution in [1.29, 1.82) is 0 Å². The molecule has 3 heterocycles. The summed E-state index contributed by atoms with van der Waals surface area (Å²) in [5, 5.41) is 4.39. The zero-order valence-electron chi connectivity index (χ0n) is 16.6. The number of hydrogen-bond donors (Lipinski definition) is 0. The standard InChI is InChI=1S/C21H25N5O2/c1-15-12-16(2)26-21(23-15)17(14-22-26)13-20(27)25-10-8-24(9-11-25)18-4-6-19(28-3)7-5-18/h4-7,12,14H,8-11,13H2,1-3H3. The van der Waals surface area contributed by atoms with E-state index >= 15 is 0 Å². The summed E-state index contributed by atoms with van der Waals surface area (Å²) < 4.78 is 7.02. The van der Waals surface area contributed by atoms with Gasteiger partial charge in [0.05, 0.1) is 19.7 Å². The normalized spacial score (nSPS) is 14.5. The number of hydrogen-bond acceptors (Lipinski definition) is 5. The molecule has 1 saturated heterocycles. The lowest BCUT2D eigenvalue weighted by Gasteiger charge is -2.36. The molecular weight excluding hydrogens is 354 g/mol. The zero-order chi connectivity index (χ0) is 19.7. The molecule has 2 aromatic heterocycles. The molecular formula is C21H25N5O2. The SMILES string of the molecule is COc1ccc(N2CCN(C(=O)Cc3cnn4c(C)cc(C)nc34)CC2)cc1. The van der Waals surface area contributed by atoms with E-state index in [1.807, 2.05) is 36.9 Å². The average Bonchev–Trinajstić information content (AvgIpc) is 3.11. The van der Waals surface area contributed by atoms with E-state index in [0.717, 1.165) is 60.2 Å². The molecule has 1 aliphatic rings. The summed E-state index contributed by atoms with van der Waals surface area (Å²) in [6, 6.07) is 10.0. The third-order valence-electron chi connectivity index (χ3n) is 5.26. The summed E-state index contributed by atoms with van der Waals surface area (Å²) in [4.78, 5) is 21.6. The molecule has 0 atom stereocenters. The number of ether oxygens (including phenoxy) is 1. The number of carbonyl (C=O) groups is 1. The molecule has 0 radical (unpaired) electrons. The van der Waals surface area contributed by atoms with Crippen LogP contribution in [-0.4, -0.2) is 58.7 Å². The number of anilines is 1. The summed E-state index contributed by atoms with van der Waals surface area (Å²) in [5.74, 6) is 0.982. The van der Waals surface area contributed by atoms with Crippen LogP contribution in [0.3, 0.4) is 0 Å². The van der Waals surface area contributed by atoms with Crippen molar-refractivity contribution in [2.75, 3.05) is 38.2 Å². The highest BCUT2D eigenvalue weighted by atomic mass is 16.5. The van der Waals surface area contributed by atoms with E-state index in [2.05, 4.69) is 27.1 Å². The number of aromatic nitrogens is 3. The van der Waals surface area contributed by atoms with Gasteiger partial charge in [-0.2, -0.15) is 5.10 Å². The molecule has 4 rings (SSSR count). The summed E-state index contributed by atoms with van der Waals surface area (Å²) in [5.41, 5.74) is 4.78. The lowest BCUT2D eigenvalue weighted by molar-refractivity contribution is -0.130. The number of amides is 1. The van der Waals surface area contributed by atoms with Crippen molar-refractivity contribution in [2.24, 2.45) is 0 Å². The highest BCUT2D eigenvalue weighted by Gasteiger charge is 2.23. The Labute approximate surface area is 164 Å². The van der Waals surface area contributed by atoms with Gasteiger partial charge in [-0.3, -0.25) is 4.79 Å². The van der Waals surface area contributed by atoms with Gasteiger partial charge in [0, 0.05) is 48.8 Å². The Morgan fingerprint density at radius 3 is 2.50 bits per heavy atom. The van der Waals surface area contributed by atoms with E-state index in [0.29, 0.717) is 6.42 Å². The Bertz CT molecular complexity index is 988. The van der Waals surface area contributed by atoms with Gasteiger partial charge in [-0.1, -0.05) is 0 Å².